The number of likely N-dealkylation sites (N-methyl/N-ethyl adjacent to an activating group) is 1. The van der Waals surface area contributed by atoms with E-state index in [-0.39, 0.29) is 0 Å². The van der Waals surface area contributed by atoms with Gasteiger partial charge in [-0.15, -0.1) is 11.3 Å². The molecule has 0 atom stereocenters. The Morgan fingerprint density at radius 1 is 1.24 bits per heavy atom. The molecule has 1 aromatic rings. The first-order valence-electron chi connectivity index (χ1n) is 6.66. The summed E-state index contributed by atoms with van der Waals surface area (Å²) in [5.74, 6) is 0. The first-order valence-corrected chi connectivity index (χ1v) is 7.54. The molecule has 0 aromatic carbocycles. The lowest BCUT2D eigenvalue weighted by Gasteiger charge is -2.18. The van der Waals surface area contributed by atoms with Gasteiger partial charge in [-0.25, -0.2) is 0 Å². The van der Waals surface area contributed by atoms with Gasteiger partial charge in [0, 0.05) is 37.1 Å². The van der Waals surface area contributed by atoms with Crippen LogP contribution in [-0.4, -0.2) is 35.6 Å². The van der Waals surface area contributed by atoms with Crippen molar-refractivity contribution >= 4 is 11.3 Å². The minimum atomic E-state index is 0.871. The SMILES string of the molecule is CCN=c1scc(CCN(CC)CC)n1CC. The molecule has 98 valence electrons. The van der Waals surface area contributed by atoms with Crippen molar-refractivity contribution in [1.29, 1.82) is 0 Å². The van der Waals surface area contributed by atoms with E-state index in [0.29, 0.717) is 0 Å². The summed E-state index contributed by atoms with van der Waals surface area (Å²) in [6, 6.07) is 0. The third-order valence-electron chi connectivity index (χ3n) is 3.07. The summed E-state index contributed by atoms with van der Waals surface area (Å²) in [6.07, 6.45) is 1.13. The molecule has 0 amide bonds. The third-order valence-corrected chi connectivity index (χ3v) is 4.02. The maximum Gasteiger partial charge on any atom is 0.184 e. The van der Waals surface area contributed by atoms with Crippen molar-refractivity contribution in [2.45, 2.75) is 40.7 Å². The molecule has 1 rings (SSSR count). The Bertz CT molecular complexity index is 374. The zero-order valence-corrected chi connectivity index (χ0v) is 12.4. The van der Waals surface area contributed by atoms with Gasteiger partial charge in [-0.05, 0) is 26.9 Å². The fraction of sp³-hybridized carbons (Fsp3) is 0.769. The van der Waals surface area contributed by atoms with Gasteiger partial charge < -0.3 is 9.47 Å². The topological polar surface area (TPSA) is 20.5 Å². The average Bonchev–Trinajstić information content (AvgIpc) is 2.73. The fourth-order valence-electron chi connectivity index (χ4n) is 1.97. The smallest absolute Gasteiger partial charge is 0.184 e. The van der Waals surface area contributed by atoms with Gasteiger partial charge in [0.25, 0.3) is 0 Å². The van der Waals surface area contributed by atoms with Gasteiger partial charge >= 0.3 is 0 Å². The number of rotatable bonds is 7. The highest BCUT2D eigenvalue weighted by Gasteiger charge is 2.05. The first-order chi connectivity index (χ1) is 8.26. The number of thiazole rings is 1. The molecule has 0 bridgehead atoms. The Labute approximate surface area is 109 Å². The highest BCUT2D eigenvalue weighted by Crippen LogP contribution is 2.04. The summed E-state index contributed by atoms with van der Waals surface area (Å²) >= 11 is 1.77. The molecular formula is C13H25N3S. The standard InChI is InChI=1S/C13H25N3S/c1-5-14-13-16(8-4)12(11-17-13)9-10-15(6-2)7-3/h11H,5-10H2,1-4H3. The van der Waals surface area contributed by atoms with Crippen molar-refractivity contribution < 1.29 is 0 Å². The molecule has 3 nitrogen and oxygen atoms in total. The van der Waals surface area contributed by atoms with Crippen molar-refractivity contribution in [2.75, 3.05) is 26.2 Å². The van der Waals surface area contributed by atoms with Crippen LogP contribution in [0.2, 0.25) is 0 Å². The number of aromatic nitrogens is 1. The van der Waals surface area contributed by atoms with E-state index in [1.54, 1.807) is 11.3 Å². The molecule has 0 radical (unpaired) electrons. The van der Waals surface area contributed by atoms with E-state index in [2.05, 4.69) is 47.5 Å². The van der Waals surface area contributed by atoms with Gasteiger partial charge in [-0.3, -0.25) is 4.99 Å². The van der Waals surface area contributed by atoms with Crippen LogP contribution >= 0.6 is 11.3 Å². The van der Waals surface area contributed by atoms with E-state index in [0.717, 1.165) is 39.1 Å². The van der Waals surface area contributed by atoms with Crippen molar-refractivity contribution in [3.63, 3.8) is 0 Å². The molecule has 0 aliphatic carbocycles. The van der Waals surface area contributed by atoms with Crippen molar-refractivity contribution in [3.05, 3.63) is 15.9 Å². The average molecular weight is 255 g/mol. The lowest BCUT2D eigenvalue weighted by Crippen LogP contribution is -2.27. The zero-order chi connectivity index (χ0) is 12.7. The molecule has 0 unspecified atom stereocenters. The van der Waals surface area contributed by atoms with Crippen LogP contribution in [0.3, 0.4) is 0 Å². The third kappa shape index (κ3) is 3.96. The summed E-state index contributed by atoms with van der Waals surface area (Å²) in [5.41, 5.74) is 1.43. The molecular weight excluding hydrogens is 230 g/mol. The lowest BCUT2D eigenvalue weighted by atomic mass is 10.3. The molecule has 0 saturated heterocycles. The lowest BCUT2D eigenvalue weighted by molar-refractivity contribution is 0.305. The summed E-state index contributed by atoms with van der Waals surface area (Å²) in [6.45, 7) is 14.1. The molecule has 0 aliphatic rings. The summed E-state index contributed by atoms with van der Waals surface area (Å²) in [4.78, 5) is 8.17. The van der Waals surface area contributed by atoms with Crippen molar-refractivity contribution in [2.24, 2.45) is 4.99 Å². The molecule has 0 N–H and O–H groups in total. The minimum absolute atomic E-state index is 0.871. The summed E-state index contributed by atoms with van der Waals surface area (Å²) < 4.78 is 2.34. The van der Waals surface area contributed by atoms with Crippen molar-refractivity contribution in [1.82, 2.24) is 9.47 Å². The molecule has 0 saturated carbocycles. The van der Waals surface area contributed by atoms with Crippen LogP contribution in [0, 0.1) is 0 Å². The van der Waals surface area contributed by atoms with E-state index in [1.807, 2.05) is 0 Å². The van der Waals surface area contributed by atoms with E-state index in [1.165, 1.54) is 10.5 Å². The first kappa shape index (κ1) is 14.5. The second-order valence-electron chi connectivity index (χ2n) is 4.01. The van der Waals surface area contributed by atoms with Crippen LogP contribution in [-0.2, 0) is 13.0 Å². The molecule has 1 heterocycles. The predicted octanol–water partition coefficient (Wildman–Crippen LogP) is 2.37. The molecule has 0 spiro atoms. The quantitative estimate of drug-likeness (QED) is 0.732. The van der Waals surface area contributed by atoms with E-state index in [9.17, 15) is 0 Å². The Morgan fingerprint density at radius 3 is 2.47 bits per heavy atom. The van der Waals surface area contributed by atoms with Gasteiger partial charge in [0.2, 0.25) is 0 Å². The molecule has 1 aromatic heterocycles. The zero-order valence-electron chi connectivity index (χ0n) is 11.6. The van der Waals surface area contributed by atoms with E-state index >= 15 is 0 Å². The van der Waals surface area contributed by atoms with E-state index in [4.69, 9.17) is 0 Å². The molecule has 0 aliphatic heterocycles. The number of hydrogen-bond acceptors (Lipinski definition) is 3. The summed E-state index contributed by atoms with van der Waals surface area (Å²) in [7, 11) is 0. The van der Waals surface area contributed by atoms with Crippen molar-refractivity contribution in [3.8, 4) is 0 Å². The van der Waals surface area contributed by atoms with Gasteiger partial charge in [-0.1, -0.05) is 13.8 Å². The summed E-state index contributed by atoms with van der Waals surface area (Å²) in [5, 5.41) is 2.27. The number of nitrogens with zero attached hydrogens (tertiary/aromatic N) is 3. The van der Waals surface area contributed by atoms with Gasteiger partial charge in [0.15, 0.2) is 4.80 Å². The maximum absolute atomic E-state index is 4.53. The van der Waals surface area contributed by atoms with Crippen LogP contribution in [0.25, 0.3) is 0 Å². The van der Waals surface area contributed by atoms with Crippen LogP contribution in [0.4, 0.5) is 0 Å². The van der Waals surface area contributed by atoms with E-state index < -0.39 is 0 Å². The Morgan fingerprint density at radius 2 is 1.94 bits per heavy atom. The van der Waals surface area contributed by atoms with Gasteiger partial charge in [0.1, 0.15) is 0 Å². The van der Waals surface area contributed by atoms with Crippen LogP contribution in [0.15, 0.2) is 10.4 Å². The van der Waals surface area contributed by atoms with Crippen LogP contribution in [0.1, 0.15) is 33.4 Å². The monoisotopic (exact) mass is 255 g/mol. The predicted molar refractivity (Wildman–Crippen MR) is 75.6 cm³/mol. The van der Waals surface area contributed by atoms with Crippen LogP contribution in [0.5, 0.6) is 0 Å². The largest absolute Gasteiger partial charge is 0.321 e. The Balaban J connectivity index is 2.74. The highest BCUT2D eigenvalue weighted by atomic mass is 32.1. The normalized spacial score (nSPS) is 12.6. The maximum atomic E-state index is 4.53. The minimum Gasteiger partial charge on any atom is -0.321 e. The Hall–Kier alpha value is -0.610. The van der Waals surface area contributed by atoms with Gasteiger partial charge in [-0.2, -0.15) is 0 Å². The second-order valence-corrected chi connectivity index (χ2v) is 4.84. The van der Waals surface area contributed by atoms with Gasteiger partial charge in [0.05, 0.1) is 0 Å². The molecule has 17 heavy (non-hydrogen) atoms. The number of hydrogen-bond donors (Lipinski definition) is 0. The molecule has 0 fully saturated rings. The highest BCUT2D eigenvalue weighted by molar-refractivity contribution is 7.07. The van der Waals surface area contributed by atoms with Crippen LogP contribution < -0.4 is 4.80 Å². The molecule has 4 heteroatoms. The fourth-order valence-corrected chi connectivity index (χ4v) is 3.04. The second kappa shape index (κ2) is 7.67. The Kier molecular flexibility index (Phi) is 6.52.